The third-order valence-electron chi connectivity index (χ3n) is 2.57. The first-order valence-corrected chi connectivity index (χ1v) is 7.91. The van der Waals surface area contributed by atoms with Gasteiger partial charge in [-0.3, -0.25) is 4.79 Å². The second kappa shape index (κ2) is 6.71. The molecule has 0 spiro atoms. The molecule has 1 aromatic rings. The van der Waals surface area contributed by atoms with Crippen LogP contribution in [-0.4, -0.2) is 55.7 Å². The average Bonchev–Trinajstić information content (AvgIpc) is 2.38. The fourth-order valence-electron chi connectivity index (χ4n) is 1.35. The summed E-state index contributed by atoms with van der Waals surface area (Å²) in [6, 6.07) is 1.22. The Hall–Kier alpha value is -0.890. The molecule has 9 heteroatoms. The number of carbonyl (C=O) groups excluding carboxylic acids is 1. The number of aromatic nitrogens is 1. The molecule has 20 heavy (non-hydrogen) atoms. The quantitative estimate of drug-likeness (QED) is 0.762. The normalized spacial score (nSPS) is 11.7. The first-order valence-electron chi connectivity index (χ1n) is 5.71. The molecular formula is C11H15Cl2N3O3S. The average molecular weight is 340 g/mol. The van der Waals surface area contributed by atoms with Gasteiger partial charge in [0.15, 0.2) is 0 Å². The Balaban J connectivity index is 3.12. The molecule has 0 aliphatic heterocycles. The molecular weight excluding hydrogens is 325 g/mol. The van der Waals surface area contributed by atoms with Gasteiger partial charge in [0, 0.05) is 26.8 Å². The summed E-state index contributed by atoms with van der Waals surface area (Å²) in [7, 11) is -0.721. The number of amides is 1. The van der Waals surface area contributed by atoms with Gasteiger partial charge in [-0.05, 0) is 6.07 Å². The van der Waals surface area contributed by atoms with Crippen LogP contribution in [0.25, 0.3) is 0 Å². The maximum absolute atomic E-state index is 12.4. The lowest BCUT2D eigenvalue weighted by Crippen LogP contribution is -2.40. The summed E-state index contributed by atoms with van der Waals surface area (Å²) in [6.07, 6.45) is 1.12. The van der Waals surface area contributed by atoms with Gasteiger partial charge >= 0.3 is 0 Å². The van der Waals surface area contributed by atoms with Gasteiger partial charge in [-0.1, -0.05) is 30.1 Å². The predicted molar refractivity (Wildman–Crippen MR) is 77.4 cm³/mol. The standard InChI is InChI=1S/C11H15Cl2N3O3S/c1-4-16(7-10(17)15(2)3)20(18,19)8-5-9(12)11(13)14-6-8/h5-6H,4,7H2,1-3H3. The number of hydrogen-bond donors (Lipinski definition) is 0. The molecule has 0 saturated carbocycles. The number of sulfonamides is 1. The lowest BCUT2D eigenvalue weighted by molar-refractivity contribution is -0.128. The van der Waals surface area contributed by atoms with Gasteiger partial charge in [-0.15, -0.1) is 0 Å². The van der Waals surface area contributed by atoms with E-state index in [-0.39, 0.29) is 34.1 Å². The number of nitrogens with zero attached hydrogens (tertiary/aromatic N) is 3. The fourth-order valence-corrected chi connectivity index (χ4v) is 3.06. The third kappa shape index (κ3) is 3.82. The Morgan fingerprint density at radius 3 is 2.40 bits per heavy atom. The summed E-state index contributed by atoms with van der Waals surface area (Å²) in [6.45, 7) is 1.56. The van der Waals surface area contributed by atoms with Crippen LogP contribution in [-0.2, 0) is 14.8 Å². The third-order valence-corrected chi connectivity index (χ3v) is 5.14. The van der Waals surface area contributed by atoms with Crippen molar-refractivity contribution in [2.24, 2.45) is 0 Å². The molecule has 0 unspecified atom stereocenters. The van der Waals surface area contributed by atoms with E-state index < -0.39 is 10.0 Å². The van der Waals surface area contributed by atoms with Crippen LogP contribution in [0.3, 0.4) is 0 Å². The number of halogens is 2. The lowest BCUT2D eigenvalue weighted by atomic mass is 10.5. The summed E-state index contributed by atoms with van der Waals surface area (Å²) < 4.78 is 25.8. The zero-order chi connectivity index (χ0) is 15.5. The maximum atomic E-state index is 12.4. The van der Waals surface area contributed by atoms with Crippen LogP contribution in [0.4, 0.5) is 0 Å². The number of hydrogen-bond acceptors (Lipinski definition) is 4. The SMILES string of the molecule is CCN(CC(=O)N(C)C)S(=O)(=O)c1cnc(Cl)c(Cl)c1. The maximum Gasteiger partial charge on any atom is 0.245 e. The van der Waals surface area contributed by atoms with Crippen molar-refractivity contribution in [3.63, 3.8) is 0 Å². The van der Waals surface area contributed by atoms with Crippen molar-refractivity contribution in [2.45, 2.75) is 11.8 Å². The lowest BCUT2D eigenvalue weighted by Gasteiger charge is -2.21. The zero-order valence-corrected chi connectivity index (χ0v) is 13.6. The largest absolute Gasteiger partial charge is 0.348 e. The highest BCUT2D eigenvalue weighted by Crippen LogP contribution is 2.24. The molecule has 0 N–H and O–H groups in total. The van der Waals surface area contributed by atoms with E-state index in [0.29, 0.717) is 0 Å². The number of rotatable bonds is 5. The number of pyridine rings is 1. The van der Waals surface area contributed by atoms with Crippen LogP contribution in [0.2, 0.25) is 10.2 Å². The van der Waals surface area contributed by atoms with Crippen LogP contribution in [0.5, 0.6) is 0 Å². The van der Waals surface area contributed by atoms with Crippen LogP contribution in [0.15, 0.2) is 17.2 Å². The molecule has 0 aliphatic rings. The molecule has 0 saturated heterocycles. The summed E-state index contributed by atoms with van der Waals surface area (Å²) in [5.41, 5.74) is 0. The minimum Gasteiger partial charge on any atom is -0.348 e. The molecule has 6 nitrogen and oxygen atoms in total. The van der Waals surface area contributed by atoms with Crippen molar-refractivity contribution in [3.8, 4) is 0 Å². The van der Waals surface area contributed by atoms with Gasteiger partial charge in [-0.25, -0.2) is 13.4 Å². The molecule has 1 aromatic heterocycles. The Labute approximate surface area is 128 Å². The highest BCUT2D eigenvalue weighted by atomic mass is 35.5. The van der Waals surface area contributed by atoms with Crippen molar-refractivity contribution >= 4 is 39.1 Å². The summed E-state index contributed by atoms with van der Waals surface area (Å²) in [4.78, 5) is 16.6. The minimum atomic E-state index is -3.84. The molecule has 1 heterocycles. The van der Waals surface area contributed by atoms with Gasteiger partial charge in [0.2, 0.25) is 15.9 Å². The van der Waals surface area contributed by atoms with Crippen LogP contribution < -0.4 is 0 Å². The van der Waals surface area contributed by atoms with E-state index in [1.165, 1.54) is 11.0 Å². The second-order valence-electron chi connectivity index (χ2n) is 4.16. The Morgan fingerprint density at radius 2 is 1.95 bits per heavy atom. The van der Waals surface area contributed by atoms with E-state index in [0.717, 1.165) is 10.5 Å². The van der Waals surface area contributed by atoms with Crippen molar-refractivity contribution in [2.75, 3.05) is 27.2 Å². The van der Waals surface area contributed by atoms with Gasteiger partial charge in [0.25, 0.3) is 0 Å². The molecule has 112 valence electrons. The van der Waals surface area contributed by atoms with Gasteiger partial charge in [0.05, 0.1) is 11.6 Å². The summed E-state index contributed by atoms with van der Waals surface area (Å²) in [5.74, 6) is -0.316. The van der Waals surface area contributed by atoms with Crippen LogP contribution in [0.1, 0.15) is 6.92 Å². The number of carbonyl (C=O) groups is 1. The predicted octanol–water partition coefficient (Wildman–Crippen LogP) is 1.49. The van der Waals surface area contributed by atoms with E-state index >= 15 is 0 Å². The summed E-state index contributed by atoms with van der Waals surface area (Å²) in [5, 5.41) is 0.0702. The summed E-state index contributed by atoms with van der Waals surface area (Å²) >= 11 is 11.4. The molecule has 1 rings (SSSR count). The monoisotopic (exact) mass is 339 g/mol. The van der Waals surface area contributed by atoms with Crippen LogP contribution in [0, 0.1) is 0 Å². The first kappa shape index (κ1) is 17.2. The molecule has 0 atom stereocenters. The molecule has 0 bridgehead atoms. The van der Waals surface area contributed by atoms with E-state index in [1.807, 2.05) is 0 Å². The van der Waals surface area contributed by atoms with Gasteiger partial charge < -0.3 is 4.90 Å². The molecule has 0 fully saturated rings. The smallest absolute Gasteiger partial charge is 0.245 e. The highest BCUT2D eigenvalue weighted by molar-refractivity contribution is 7.89. The minimum absolute atomic E-state index is 0.0260. The van der Waals surface area contributed by atoms with Crippen molar-refractivity contribution in [1.29, 1.82) is 0 Å². The zero-order valence-electron chi connectivity index (χ0n) is 11.3. The Kier molecular flexibility index (Phi) is 5.76. The fraction of sp³-hybridized carbons (Fsp3) is 0.455. The van der Waals surface area contributed by atoms with Crippen LogP contribution >= 0.6 is 23.2 Å². The topological polar surface area (TPSA) is 70.6 Å². The Bertz CT molecular complexity index is 605. The van der Waals surface area contributed by atoms with E-state index in [2.05, 4.69) is 4.98 Å². The van der Waals surface area contributed by atoms with E-state index in [9.17, 15) is 13.2 Å². The van der Waals surface area contributed by atoms with Crippen molar-refractivity contribution in [1.82, 2.24) is 14.2 Å². The molecule has 0 radical (unpaired) electrons. The molecule has 0 aromatic carbocycles. The first-order chi connectivity index (χ1) is 9.20. The molecule has 1 amide bonds. The highest BCUT2D eigenvalue weighted by Gasteiger charge is 2.26. The molecule has 0 aliphatic carbocycles. The van der Waals surface area contributed by atoms with E-state index in [1.54, 1.807) is 21.0 Å². The van der Waals surface area contributed by atoms with Gasteiger partial charge in [0.1, 0.15) is 10.0 Å². The Morgan fingerprint density at radius 1 is 1.35 bits per heavy atom. The second-order valence-corrected chi connectivity index (χ2v) is 6.87. The van der Waals surface area contributed by atoms with Crippen molar-refractivity contribution < 1.29 is 13.2 Å². The van der Waals surface area contributed by atoms with Crippen molar-refractivity contribution in [3.05, 3.63) is 22.4 Å². The van der Waals surface area contributed by atoms with E-state index in [4.69, 9.17) is 23.2 Å². The van der Waals surface area contributed by atoms with Gasteiger partial charge in [-0.2, -0.15) is 4.31 Å². The number of likely N-dealkylation sites (N-methyl/N-ethyl adjacent to an activating group) is 2.